The SMILES string of the molecule is Cc1cc2[nH]c3ncccc3c(=O)n2n1. The van der Waals surface area contributed by atoms with E-state index in [1.54, 1.807) is 18.3 Å². The van der Waals surface area contributed by atoms with Crippen molar-refractivity contribution < 1.29 is 0 Å². The zero-order valence-corrected chi connectivity index (χ0v) is 8.06. The number of hydrogen-bond donors (Lipinski definition) is 1. The highest BCUT2D eigenvalue weighted by Gasteiger charge is 2.06. The maximum absolute atomic E-state index is 11.9. The van der Waals surface area contributed by atoms with Crippen LogP contribution in [0.2, 0.25) is 0 Å². The van der Waals surface area contributed by atoms with Gasteiger partial charge in [0.05, 0.1) is 11.1 Å². The van der Waals surface area contributed by atoms with Gasteiger partial charge in [-0.2, -0.15) is 9.61 Å². The van der Waals surface area contributed by atoms with Gasteiger partial charge in [0.2, 0.25) is 0 Å². The molecular weight excluding hydrogens is 192 g/mol. The molecule has 0 fully saturated rings. The number of nitrogens with one attached hydrogen (secondary N) is 1. The molecule has 0 aliphatic heterocycles. The van der Waals surface area contributed by atoms with Crippen LogP contribution >= 0.6 is 0 Å². The highest BCUT2D eigenvalue weighted by Crippen LogP contribution is 2.06. The second-order valence-electron chi connectivity index (χ2n) is 3.41. The van der Waals surface area contributed by atoms with Crippen LogP contribution in [0.15, 0.2) is 29.2 Å². The number of fused-ring (bicyclic) bond motifs is 2. The average Bonchev–Trinajstić information content (AvgIpc) is 2.59. The van der Waals surface area contributed by atoms with Crippen molar-refractivity contribution in [2.75, 3.05) is 0 Å². The highest BCUT2D eigenvalue weighted by atomic mass is 16.1. The summed E-state index contributed by atoms with van der Waals surface area (Å²) in [7, 11) is 0. The Labute approximate surface area is 84.4 Å². The third-order valence-corrected chi connectivity index (χ3v) is 2.31. The van der Waals surface area contributed by atoms with Crippen molar-refractivity contribution in [2.45, 2.75) is 6.92 Å². The van der Waals surface area contributed by atoms with Crippen LogP contribution in [0.4, 0.5) is 0 Å². The maximum Gasteiger partial charge on any atom is 0.283 e. The smallest absolute Gasteiger partial charge is 0.283 e. The fourth-order valence-electron chi connectivity index (χ4n) is 1.66. The fourth-order valence-corrected chi connectivity index (χ4v) is 1.66. The van der Waals surface area contributed by atoms with E-state index in [-0.39, 0.29) is 5.56 Å². The molecule has 3 aromatic heterocycles. The molecule has 0 unspecified atom stereocenters. The molecule has 0 bridgehead atoms. The second-order valence-corrected chi connectivity index (χ2v) is 3.41. The summed E-state index contributed by atoms with van der Waals surface area (Å²) in [6, 6.07) is 5.28. The number of rotatable bonds is 0. The quantitative estimate of drug-likeness (QED) is 0.586. The van der Waals surface area contributed by atoms with E-state index in [0.29, 0.717) is 16.7 Å². The van der Waals surface area contributed by atoms with Crippen molar-refractivity contribution in [1.29, 1.82) is 0 Å². The number of nitrogens with zero attached hydrogens (tertiary/aromatic N) is 3. The van der Waals surface area contributed by atoms with E-state index in [4.69, 9.17) is 0 Å². The Kier molecular flexibility index (Phi) is 1.45. The molecule has 3 aromatic rings. The van der Waals surface area contributed by atoms with Crippen molar-refractivity contribution in [3.05, 3.63) is 40.4 Å². The van der Waals surface area contributed by atoms with Crippen molar-refractivity contribution in [2.24, 2.45) is 0 Å². The molecule has 0 saturated heterocycles. The zero-order valence-electron chi connectivity index (χ0n) is 8.06. The monoisotopic (exact) mass is 200 g/mol. The van der Waals surface area contributed by atoms with Gasteiger partial charge in [-0.05, 0) is 19.1 Å². The van der Waals surface area contributed by atoms with Gasteiger partial charge in [-0.15, -0.1) is 0 Å². The number of aryl methyl sites for hydroxylation is 1. The van der Waals surface area contributed by atoms with E-state index in [2.05, 4.69) is 15.1 Å². The summed E-state index contributed by atoms with van der Waals surface area (Å²) in [5.41, 5.74) is 1.93. The first-order valence-corrected chi connectivity index (χ1v) is 4.59. The second kappa shape index (κ2) is 2.66. The predicted octanol–water partition coefficient (Wildman–Crippen LogP) is 0.879. The molecule has 0 saturated carbocycles. The summed E-state index contributed by atoms with van der Waals surface area (Å²) in [5.74, 6) is 0. The summed E-state index contributed by atoms with van der Waals surface area (Å²) in [6.45, 7) is 1.85. The minimum Gasteiger partial charge on any atom is -0.324 e. The van der Waals surface area contributed by atoms with Crippen LogP contribution in [0.1, 0.15) is 5.69 Å². The van der Waals surface area contributed by atoms with Gasteiger partial charge >= 0.3 is 0 Å². The molecule has 0 radical (unpaired) electrons. The number of H-pyrrole nitrogens is 1. The Morgan fingerprint density at radius 3 is 3.20 bits per heavy atom. The molecule has 15 heavy (non-hydrogen) atoms. The van der Waals surface area contributed by atoms with Crippen LogP contribution in [0.3, 0.4) is 0 Å². The number of aromatic nitrogens is 4. The molecule has 0 aliphatic rings. The van der Waals surface area contributed by atoms with E-state index < -0.39 is 0 Å². The van der Waals surface area contributed by atoms with E-state index in [1.165, 1.54) is 4.52 Å². The molecule has 3 rings (SSSR count). The molecule has 5 nitrogen and oxygen atoms in total. The molecule has 1 N–H and O–H groups in total. The topological polar surface area (TPSA) is 63.0 Å². The summed E-state index contributed by atoms with van der Waals surface area (Å²) < 4.78 is 1.36. The van der Waals surface area contributed by atoms with Gasteiger partial charge in [0, 0.05) is 12.3 Å². The largest absolute Gasteiger partial charge is 0.324 e. The van der Waals surface area contributed by atoms with Crippen LogP contribution < -0.4 is 5.56 Å². The fraction of sp³-hybridized carbons (Fsp3) is 0.100. The summed E-state index contributed by atoms with van der Waals surface area (Å²) in [6.07, 6.45) is 1.65. The van der Waals surface area contributed by atoms with Crippen molar-refractivity contribution in [3.63, 3.8) is 0 Å². The Balaban J connectivity index is 2.65. The van der Waals surface area contributed by atoms with Gasteiger partial charge in [-0.1, -0.05) is 0 Å². The Morgan fingerprint density at radius 1 is 1.47 bits per heavy atom. The average molecular weight is 200 g/mol. The molecule has 74 valence electrons. The van der Waals surface area contributed by atoms with Crippen LogP contribution in [-0.4, -0.2) is 19.6 Å². The molecule has 0 spiro atoms. The maximum atomic E-state index is 11.9. The predicted molar refractivity (Wildman–Crippen MR) is 55.9 cm³/mol. The standard InChI is InChI=1S/C10H8N4O/c1-6-5-8-12-9-7(3-2-4-11-9)10(15)14(8)13-6/h2-5H,1H3,(H,11,12). The molecule has 0 amide bonds. The number of pyridine rings is 1. The summed E-state index contributed by atoms with van der Waals surface area (Å²) in [5, 5.41) is 4.66. The Bertz CT molecular complexity index is 710. The third kappa shape index (κ3) is 1.06. The van der Waals surface area contributed by atoms with Gasteiger partial charge in [0.1, 0.15) is 11.3 Å². The molecule has 0 atom stereocenters. The molecule has 5 heteroatoms. The van der Waals surface area contributed by atoms with Crippen molar-refractivity contribution in [3.8, 4) is 0 Å². The minimum atomic E-state index is -0.139. The first-order chi connectivity index (χ1) is 7.25. The first kappa shape index (κ1) is 8.16. The van der Waals surface area contributed by atoms with Gasteiger partial charge in [0.25, 0.3) is 5.56 Å². The Hall–Kier alpha value is -2.17. The van der Waals surface area contributed by atoms with Crippen LogP contribution in [-0.2, 0) is 0 Å². The normalized spacial score (nSPS) is 11.3. The van der Waals surface area contributed by atoms with Crippen LogP contribution in [0.5, 0.6) is 0 Å². The highest BCUT2D eigenvalue weighted by molar-refractivity contribution is 5.75. The van der Waals surface area contributed by atoms with E-state index >= 15 is 0 Å². The van der Waals surface area contributed by atoms with Crippen LogP contribution in [0, 0.1) is 6.92 Å². The summed E-state index contributed by atoms with van der Waals surface area (Å²) >= 11 is 0. The minimum absolute atomic E-state index is 0.139. The number of hydrogen-bond acceptors (Lipinski definition) is 3. The van der Waals surface area contributed by atoms with E-state index in [9.17, 15) is 4.79 Å². The zero-order chi connectivity index (χ0) is 10.4. The van der Waals surface area contributed by atoms with Crippen molar-refractivity contribution >= 4 is 16.7 Å². The Morgan fingerprint density at radius 2 is 2.33 bits per heavy atom. The lowest BCUT2D eigenvalue weighted by molar-refractivity contribution is 0.893. The van der Waals surface area contributed by atoms with E-state index in [0.717, 1.165) is 5.69 Å². The summed E-state index contributed by atoms with van der Waals surface area (Å²) in [4.78, 5) is 19.1. The lowest BCUT2D eigenvalue weighted by atomic mass is 10.3. The van der Waals surface area contributed by atoms with Crippen LogP contribution in [0.25, 0.3) is 16.7 Å². The van der Waals surface area contributed by atoms with Crippen molar-refractivity contribution in [1.82, 2.24) is 19.6 Å². The number of aromatic amines is 1. The van der Waals surface area contributed by atoms with Gasteiger partial charge in [-0.25, -0.2) is 4.98 Å². The van der Waals surface area contributed by atoms with Gasteiger partial charge < -0.3 is 4.98 Å². The van der Waals surface area contributed by atoms with E-state index in [1.807, 2.05) is 13.0 Å². The molecular formula is C10H8N4O. The molecule has 0 aliphatic carbocycles. The van der Waals surface area contributed by atoms with Gasteiger partial charge in [-0.3, -0.25) is 4.79 Å². The lowest BCUT2D eigenvalue weighted by Gasteiger charge is -1.97. The lowest BCUT2D eigenvalue weighted by Crippen LogP contribution is -2.15. The molecule has 0 aromatic carbocycles. The first-order valence-electron chi connectivity index (χ1n) is 4.59. The van der Waals surface area contributed by atoms with Gasteiger partial charge in [0.15, 0.2) is 0 Å². The molecule has 3 heterocycles. The third-order valence-electron chi connectivity index (χ3n) is 2.31.